The van der Waals surface area contributed by atoms with Crippen LogP contribution in [0, 0.1) is 0 Å². The van der Waals surface area contributed by atoms with Crippen LogP contribution in [-0.4, -0.2) is 20.1 Å². The van der Waals surface area contributed by atoms with E-state index >= 15 is 0 Å². The van der Waals surface area contributed by atoms with Gasteiger partial charge in [-0.05, 0) is 41.8 Å². The number of amides is 1. The molecule has 2 aromatic carbocycles. The number of carbonyl (C=O) groups excluding carboxylic acids is 1. The van der Waals surface area contributed by atoms with Gasteiger partial charge in [-0.2, -0.15) is 0 Å². The number of ether oxygens (including phenoxy) is 2. The van der Waals surface area contributed by atoms with E-state index in [0.717, 1.165) is 22.6 Å². The molecule has 0 aliphatic carbocycles. The van der Waals surface area contributed by atoms with Crippen LogP contribution in [0.25, 0.3) is 0 Å². The molecule has 0 bridgehead atoms. The maximum atomic E-state index is 11.9. The van der Waals surface area contributed by atoms with Gasteiger partial charge >= 0.3 is 0 Å². The average molecular weight is 299 g/mol. The second-order valence-corrected chi connectivity index (χ2v) is 4.98. The maximum Gasteiger partial charge on any atom is 0.220 e. The van der Waals surface area contributed by atoms with E-state index in [9.17, 15) is 4.79 Å². The zero-order chi connectivity index (χ0) is 15.8. The van der Waals surface area contributed by atoms with Crippen molar-refractivity contribution in [1.82, 2.24) is 5.32 Å². The summed E-state index contributed by atoms with van der Waals surface area (Å²) in [5.74, 6) is 1.66. The number of methoxy groups -OCH3 is 2. The Bertz CT molecular complexity index is 608. The molecule has 0 aliphatic heterocycles. The van der Waals surface area contributed by atoms with E-state index in [0.29, 0.717) is 19.4 Å². The fourth-order valence-electron chi connectivity index (χ4n) is 2.12. The Kier molecular flexibility index (Phi) is 5.83. The van der Waals surface area contributed by atoms with Crippen LogP contribution in [0.4, 0.5) is 0 Å². The number of aryl methyl sites for hydroxylation is 1. The molecule has 0 saturated heterocycles. The number of rotatable bonds is 7. The van der Waals surface area contributed by atoms with Gasteiger partial charge in [0.25, 0.3) is 0 Å². The van der Waals surface area contributed by atoms with Gasteiger partial charge in [-0.15, -0.1) is 0 Å². The van der Waals surface area contributed by atoms with Gasteiger partial charge in [0.1, 0.15) is 11.5 Å². The van der Waals surface area contributed by atoms with Gasteiger partial charge in [0, 0.05) is 13.0 Å². The minimum atomic E-state index is 0.0404. The van der Waals surface area contributed by atoms with Gasteiger partial charge < -0.3 is 14.8 Å². The second kappa shape index (κ2) is 8.08. The Morgan fingerprint density at radius 2 is 1.68 bits per heavy atom. The van der Waals surface area contributed by atoms with Crippen molar-refractivity contribution in [1.29, 1.82) is 0 Å². The van der Waals surface area contributed by atoms with Crippen LogP contribution in [0.2, 0.25) is 0 Å². The summed E-state index contributed by atoms with van der Waals surface area (Å²) in [7, 11) is 3.27. The summed E-state index contributed by atoms with van der Waals surface area (Å²) >= 11 is 0. The number of hydrogen-bond donors (Lipinski definition) is 1. The van der Waals surface area contributed by atoms with Gasteiger partial charge in [0.2, 0.25) is 5.91 Å². The average Bonchev–Trinajstić information content (AvgIpc) is 2.58. The predicted molar refractivity (Wildman–Crippen MR) is 86.2 cm³/mol. The minimum absolute atomic E-state index is 0.0404. The molecule has 0 aliphatic rings. The molecule has 116 valence electrons. The largest absolute Gasteiger partial charge is 0.497 e. The zero-order valence-corrected chi connectivity index (χ0v) is 13.0. The maximum absolute atomic E-state index is 11.9. The molecular formula is C18H21NO3. The van der Waals surface area contributed by atoms with E-state index in [2.05, 4.69) is 5.32 Å². The molecule has 0 aromatic heterocycles. The third-order valence-electron chi connectivity index (χ3n) is 3.42. The van der Waals surface area contributed by atoms with Crippen LogP contribution in [0.5, 0.6) is 11.5 Å². The molecule has 0 heterocycles. The first-order valence-electron chi connectivity index (χ1n) is 7.24. The van der Waals surface area contributed by atoms with Crippen molar-refractivity contribution in [3.8, 4) is 11.5 Å². The smallest absolute Gasteiger partial charge is 0.220 e. The molecule has 4 heteroatoms. The van der Waals surface area contributed by atoms with E-state index in [4.69, 9.17) is 9.47 Å². The summed E-state index contributed by atoms with van der Waals surface area (Å²) in [5, 5.41) is 2.92. The van der Waals surface area contributed by atoms with Crippen molar-refractivity contribution in [3.05, 3.63) is 59.7 Å². The zero-order valence-electron chi connectivity index (χ0n) is 13.0. The normalized spacial score (nSPS) is 10.1. The van der Waals surface area contributed by atoms with Crippen LogP contribution in [0.3, 0.4) is 0 Å². The van der Waals surface area contributed by atoms with Crippen molar-refractivity contribution >= 4 is 5.91 Å². The van der Waals surface area contributed by atoms with Gasteiger partial charge in [-0.1, -0.05) is 24.3 Å². The molecule has 1 N–H and O–H groups in total. The molecule has 2 rings (SSSR count). The summed E-state index contributed by atoms with van der Waals surface area (Å²) in [6.45, 7) is 0.513. The third-order valence-corrected chi connectivity index (χ3v) is 3.42. The van der Waals surface area contributed by atoms with Crippen molar-refractivity contribution in [2.75, 3.05) is 14.2 Å². The number of hydrogen-bond acceptors (Lipinski definition) is 3. The van der Waals surface area contributed by atoms with E-state index in [1.165, 1.54) is 0 Å². The molecule has 0 atom stereocenters. The number of nitrogens with one attached hydrogen (secondary N) is 1. The van der Waals surface area contributed by atoms with E-state index in [-0.39, 0.29) is 5.91 Å². The van der Waals surface area contributed by atoms with Crippen molar-refractivity contribution in [2.45, 2.75) is 19.4 Å². The van der Waals surface area contributed by atoms with Crippen molar-refractivity contribution in [2.24, 2.45) is 0 Å². The first kappa shape index (κ1) is 15.9. The van der Waals surface area contributed by atoms with E-state index in [1.54, 1.807) is 14.2 Å². The summed E-state index contributed by atoms with van der Waals surface area (Å²) in [4.78, 5) is 11.9. The van der Waals surface area contributed by atoms with Crippen LogP contribution in [-0.2, 0) is 17.8 Å². The molecule has 0 unspecified atom stereocenters. The fourth-order valence-corrected chi connectivity index (χ4v) is 2.12. The van der Waals surface area contributed by atoms with Crippen LogP contribution in [0.15, 0.2) is 48.5 Å². The minimum Gasteiger partial charge on any atom is -0.497 e. The van der Waals surface area contributed by atoms with Crippen LogP contribution in [0.1, 0.15) is 17.5 Å². The van der Waals surface area contributed by atoms with Gasteiger partial charge in [0.15, 0.2) is 0 Å². The van der Waals surface area contributed by atoms with E-state index < -0.39 is 0 Å². The Morgan fingerprint density at radius 3 is 2.36 bits per heavy atom. The topological polar surface area (TPSA) is 47.6 Å². The van der Waals surface area contributed by atoms with Crippen LogP contribution >= 0.6 is 0 Å². The second-order valence-electron chi connectivity index (χ2n) is 4.98. The summed E-state index contributed by atoms with van der Waals surface area (Å²) in [5.41, 5.74) is 2.15. The number of benzene rings is 2. The summed E-state index contributed by atoms with van der Waals surface area (Å²) < 4.78 is 10.3. The Morgan fingerprint density at radius 1 is 0.955 bits per heavy atom. The lowest BCUT2D eigenvalue weighted by atomic mass is 10.1. The lowest BCUT2D eigenvalue weighted by Crippen LogP contribution is -2.22. The fraction of sp³-hybridized carbons (Fsp3) is 0.278. The predicted octanol–water partition coefficient (Wildman–Crippen LogP) is 2.95. The third kappa shape index (κ3) is 4.81. The van der Waals surface area contributed by atoms with Crippen LogP contribution < -0.4 is 14.8 Å². The molecule has 2 aromatic rings. The highest BCUT2D eigenvalue weighted by Crippen LogP contribution is 2.13. The summed E-state index contributed by atoms with van der Waals surface area (Å²) in [6.07, 6.45) is 1.18. The Balaban J connectivity index is 1.77. The number of carbonyl (C=O) groups is 1. The monoisotopic (exact) mass is 299 g/mol. The van der Waals surface area contributed by atoms with Crippen molar-refractivity contribution < 1.29 is 14.3 Å². The lowest BCUT2D eigenvalue weighted by molar-refractivity contribution is -0.121. The molecule has 0 spiro atoms. The SMILES string of the molecule is COc1ccc(CCC(=O)NCc2cccc(OC)c2)cc1. The first-order valence-corrected chi connectivity index (χ1v) is 7.24. The molecule has 1 amide bonds. The van der Waals surface area contributed by atoms with E-state index in [1.807, 2.05) is 48.5 Å². The highest BCUT2D eigenvalue weighted by atomic mass is 16.5. The quantitative estimate of drug-likeness (QED) is 0.855. The van der Waals surface area contributed by atoms with Gasteiger partial charge in [0.05, 0.1) is 14.2 Å². The van der Waals surface area contributed by atoms with Gasteiger partial charge in [-0.25, -0.2) is 0 Å². The Labute approximate surface area is 131 Å². The summed E-state index contributed by atoms with van der Waals surface area (Å²) in [6, 6.07) is 15.5. The standard InChI is InChI=1S/C18H21NO3/c1-21-16-9-6-14(7-10-16)8-11-18(20)19-13-15-4-3-5-17(12-15)22-2/h3-7,9-10,12H,8,11,13H2,1-2H3,(H,19,20). The highest BCUT2D eigenvalue weighted by Gasteiger charge is 2.03. The first-order chi connectivity index (χ1) is 10.7. The molecule has 4 nitrogen and oxygen atoms in total. The molecule has 22 heavy (non-hydrogen) atoms. The Hall–Kier alpha value is -2.49. The lowest BCUT2D eigenvalue weighted by Gasteiger charge is -2.07. The molecule has 0 radical (unpaired) electrons. The van der Waals surface area contributed by atoms with Crippen molar-refractivity contribution in [3.63, 3.8) is 0 Å². The molecule has 0 fully saturated rings. The van der Waals surface area contributed by atoms with Gasteiger partial charge in [-0.3, -0.25) is 4.79 Å². The highest BCUT2D eigenvalue weighted by molar-refractivity contribution is 5.76. The molecule has 0 saturated carbocycles. The molecular weight excluding hydrogens is 278 g/mol.